The summed E-state index contributed by atoms with van der Waals surface area (Å²) < 4.78 is 0. The van der Waals surface area contributed by atoms with Gasteiger partial charge in [-0.1, -0.05) is 12.2 Å². The Morgan fingerprint density at radius 1 is 1.44 bits per heavy atom. The fourth-order valence-electron chi connectivity index (χ4n) is 2.48. The van der Waals surface area contributed by atoms with Crippen molar-refractivity contribution in [3.63, 3.8) is 0 Å². The van der Waals surface area contributed by atoms with Gasteiger partial charge < -0.3 is 15.3 Å². The van der Waals surface area contributed by atoms with Gasteiger partial charge in [-0.25, -0.2) is 4.79 Å². The molecule has 1 heterocycles. The zero-order chi connectivity index (χ0) is 11.4. The normalized spacial score (nSPS) is 29.4. The summed E-state index contributed by atoms with van der Waals surface area (Å²) in [6.45, 7) is 0.859. The van der Waals surface area contributed by atoms with E-state index in [1.807, 2.05) is 0 Å². The molecule has 0 aromatic carbocycles. The van der Waals surface area contributed by atoms with Crippen LogP contribution in [0.4, 0.5) is 4.79 Å². The highest BCUT2D eigenvalue weighted by molar-refractivity contribution is 5.75. The largest absolute Gasteiger partial charge is 0.394 e. The quantitative estimate of drug-likeness (QED) is 0.694. The van der Waals surface area contributed by atoms with Crippen LogP contribution in [0, 0.1) is 0 Å². The summed E-state index contributed by atoms with van der Waals surface area (Å²) in [5, 5.41) is 12.2. The molecule has 2 rings (SSSR count). The molecule has 1 aliphatic carbocycles. The number of hydrogen-bond acceptors (Lipinski definition) is 2. The first kappa shape index (κ1) is 11.5. The van der Waals surface area contributed by atoms with Gasteiger partial charge in [0.05, 0.1) is 12.6 Å². The van der Waals surface area contributed by atoms with Crippen LogP contribution in [0.1, 0.15) is 32.1 Å². The van der Waals surface area contributed by atoms with Crippen molar-refractivity contribution >= 4 is 6.03 Å². The van der Waals surface area contributed by atoms with E-state index >= 15 is 0 Å². The SMILES string of the molecule is O=C(NC1CC=CCC1)N1CCCC1CO. The minimum atomic E-state index is -0.00292. The number of aliphatic hydroxyl groups excluding tert-OH is 1. The molecular weight excluding hydrogens is 204 g/mol. The molecule has 2 N–H and O–H groups in total. The molecule has 0 radical (unpaired) electrons. The molecule has 2 unspecified atom stereocenters. The molecule has 1 fully saturated rings. The second kappa shape index (κ2) is 5.34. The Kier molecular flexibility index (Phi) is 3.83. The number of urea groups is 1. The predicted octanol–water partition coefficient (Wildman–Crippen LogP) is 1.26. The first-order valence-corrected chi connectivity index (χ1v) is 6.14. The number of allylic oxidation sites excluding steroid dienone is 1. The van der Waals surface area contributed by atoms with Gasteiger partial charge in [-0.3, -0.25) is 0 Å². The summed E-state index contributed by atoms with van der Waals surface area (Å²) in [5.41, 5.74) is 0. The highest BCUT2D eigenvalue weighted by Gasteiger charge is 2.29. The Hall–Kier alpha value is -1.03. The van der Waals surface area contributed by atoms with Crippen molar-refractivity contribution in [2.45, 2.75) is 44.2 Å². The van der Waals surface area contributed by atoms with Gasteiger partial charge in [0.15, 0.2) is 0 Å². The number of aliphatic hydroxyl groups is 1. The molecule has 1 aliphatic heterocycles. The van der Waals surface area contributed by atoms with Crippen molar-refractivity contribution in [3.8, 4) is 0 Å². The highest BCUT2D eigenvalue weighted by atomic mass is 16.3. The van der Waals surface area contributed by atoms with Crippen molar-refractivity contribution in [1.29, 1.82) is 0 Å². The van der Waals surface area contributed by atoms with Gasteiger partial charge in [-0.05, 0) is 32.1 Å². The van der Waals surface area contributed by atoms with Crippen LogP contribution in [0.15, 0.2) is 12.2 Å². The molecule has 2 aliphatic rings. The summed E-state index contributed by atoms with van der Waals surface area (Å²) in [6, 6.07) is 0.299. The summed E-state index contributed by atoms with van der Waals surface area (Å²) in [5.74, 6) is 0. The number of carbonyl (C=O) groups is 1. The third-order valence-corrected chi connectivity index (χ3v) is 3.45. The first-order chi connectivity index (χ1) is 7.81. The van der Waals surface area contributed by atoms with Crippen molar-refractivity contribution in [2.75, 3.05) is 13.2 Å². The van der Waals surface area contributed by atoms with Gasteiger partial charge in [0, 0.05) is 12.6 Å². The fraction of sp³-hybridized carbons (Fsp3) is 0.750. The van der Waals surface area contributed by atoms with Crippen molar-refractivity contribution in [2.24, 2.45) is 0 Å². The third-order valence-electron chi connectivity index (χ3n) is 3.45. The summed E-state index contributed by atoms with van der Waals surface area (Å²) in [4.78, 5) is 13.7. The van der Waals surface area contributed by atoms with Crippen LogP contribution < -0.4 is 5.32 Å². The van der Waals surface area contributed by atoms with E-state index in [2.05, 4.69) is 17.5 Å². The van der Waals surface area contributed by atoms with Gasteiger partial charge in [0.2, 0.25) is 0 Å². The van der Waals surface area contributed by atoms with Crippen molar-refractivity contribution in [3.05, 3.63) is 12.2 Å². The summed E-state index contributed by atoms with van der Waals surface area (Å²) in [7, 11) is 0. The Morgan fingerprint density at radius 3 is 3.00 bits per heavy atom. The van der Waals surface area contributed by atoms with Crippen LogP contribution in [0.5, 0.6) is 0 Å². The smallest absolute Gasteiger partial charge is 0.317 e. The first-order valence-electron chi connectivity index (χ1n) is 6.14. The Morgan fingerprint density at radius 2 is 2.31 bits per heavy atom. The second-order valence-electron chi connectivity index (χ2n) is 4.60. The number of amides is 2. The molecule has 0 aromatic heterocycles. The summed E-state index contributed by atoms with van der Waals surface area (Å²) in [6.07, 6.45) is 9.23. The van der Waals surface area contributed by atoms with Gasteiger partial charge in [-0.15, -0.1) is 0 Å². The maximum atomic E-state index is 12.0. The molecule has 2 atom stereocenters. The van der Waals surface area contributed by atoms with E-state index in [9.17, 15) is 4.79 Å². The topological polar surface area (TPSA) is 52.6 Å². The molecule has 0 aromatic rings. The van der Waals surface area contributed by atoms with E-state index < -0.39 is 0 Å². The number of nitrogens with zero attached hydrogens (tertiary/aromatic N) is 1. The monoisotopic (exact) mass is 224 g/mol. The van der Waals surface area contributed by atoms with Crippen molar-refractivity contribution < 1.29 is 9.90 Å². The molecule has 4 heteroatoms. The molecule has 2 amide bonds. The number of carbonyl (C=O) groups excluding carboxylic acids is 1. The Bertz CT molecular complexity index is 278. The molecule has 90 valence electrons. The number of rotatable bonds is 2. The zero-order valence-electron chi connectivity index (χ0n) is 9.56. The van der Waals surface area contributed by atoms with Gasteiger partial charge in [-0.2, -0.15) is 0 Å². The van der Waals surface area contributed by atoms with E-state index in [-0.39, 0.29) is 24.7 Å². The molecule has 0 bridgehead atoms. The average molecular weight is 224 g/mol. The Labute approximate surface area is 96.3 Å². The third kappa shape index (κ3) is 2.55. The van der Waals surface area contributed by atoms with Crippen LogP contribution >= 0.6 is 0 Å². The van der Waals surface area contributed by atoms with E-state index in [1.54, 1.807) is 4.90 Å². The second-order valence-corrected chi connectivity index (χ2v) is 4.60. The lowest BCUT2D eigenvalue weighted by Crippen LogP contribution is -2.47. The van der Waals surface area contributed by atoms with E-state index in [0.29, 0.717) is 0 Å². The van der Waals surface area contributed by atoms with Crippen LogP contribution in [-0.4, -0.2) is 41.3 Å². The number of nitrogens with one attached hydrogen (secondary N) is 1. The van der Waals surface area contributed by atoms with Crippen molar-refractivity contribution in [1.82, 2.24) is 10.2 Å². The van der Waals surface area contributed by atoms with E-state index in [1.165, 1.54) is 0 Å². The number of likely N-dealkylation sites (tertiary alicyclic amines) is 1. The highest BCUT2D eigenvalue weighted by Crippen LogP contribution is 2.18. The fourth-order valence-corrected chi connectivity index (χ4v) is 2.48. The molecule has 4 nitrogen and oxygen atoms in total. The minimum Gasteiger partial charge on any atom is -0.394 e. The van der Waals surface area contributed by atoms with Gasteiger partial charge >= 0.3 is 6.03 Å². The molecular formula is C12H20N2O2. The maximum Gasteiger partial charge on any atom is 0.317 e. The lowest BCUT2D eigenvalue weighted by molar-refractivity contribution is 0.154. The lowest BCUT2D eigenvalue weighted by atomic mass is 10.0. The molecule has 0 spiro atoms. The predicted molar refractivity (Wildman–Crippen MR) is 62.1 cm³/mol. The van der Waals surface area contributed by atoms with Crippen LogP contribution in [0.3, 0.4) is 0 Å². The number of hydrogen-bond donors (Lipinski definition) is 2. The average Bonchev–Trinajstić information content (AvgIpc) is 2.78. The molecule has 16 heavy (non-hydrogen) atoms. The van der Waals surface area contributed by atoms with E-state index in [0.717, 1.165) is 38.6 Å². The summed E-state index contributed by atoms with van der Waals surface area (Å²) >= 11 is 0. The van der Waals surface area contributed by atoms with Gasteiger partial charge in [0.1, 0.15) is 0 Å². The minimum absolute atomic E-state index is 0.00292. The molecule has 1 saturated heterocycles. The Balaban J connectivity index is 1.84. The maximum absolute atomic E-state index is 12.0. The zero-order valence-corrected chi connectivity index (χ0v) is 9.56. The standard InChI is InChI=1S/C12H20N2O2/c15-9-11-7-4-8-14(11)12(16)13-10-5-2-1-3-6-10/h1-2,10-11,15H,3-9H2,(H,13,16). The van der Waals surface area contributed by atoms with E-state index in [4.69, 9.17) is 5.11 Å². The van der Waals surface area contributed by atoms with Crippen LogP contribution in [-0.2, 0) is 0 Å². The van der Waals surface area contributed by atoms with Crippen LogP contribution in [0.2, 0.25) is 0 Å². The molecule has 0 saturated carbocycles. The van der Waals surface area contributed by atoms with Gasteiger partial charge in [0.25, 0.3) is 0 Å². The van der Waals surface area contributed by atoms with Crippen LogP contribution in [0.25, 0.3) is 0 Å². The lowest BCUT2D eigenvalue weighted by Gasteiger charge is -2.27.